The Morgan fingerprint density at radius 2 is 1.52 bits per heavy atom. The van der Waals surface area contributed by atoms with Gasteiger partial charge in [0, 0.05) is 6.07 Å². The summed E-state index contributed by atoms with van der Waals surface area (Å²) in [6.07, 6.45) is -2.96. The summed E-state index contributed by atoms with van der Waals surface area (Å²) >= 11 is 2.00. The van der Waals surface area contributed by atoms with Crippen LogP contribution in [0.1, 0.15) is 82.4 Å². The molecule has 0 saturated carbocycles. The molecule has 11 heteroatoms. The lowest BCUT2D eigenvalue weighted by atomic mass is 10.1. The number of hydrogen-bond acceptors (Lipinski definition) is 6. The number of H-pyrrole nitrogens is 1. The molecule has 0 bridgehead atoms. The molecule has 2 aliphatic heterocycles. The zero-order chi connectivity index (χ0) is 30.2. The predicted molar refractivity (Wildman–Crippen MR) is 173 cm³/mol. The quantitative estimate of drug-likeness (QED) is 0.136. The molecule has 226 valence electrons. The first-order valence-corrected chi connectivity index (χ1v) is 20.6. The summed E-state index contributed by atoms with van der Waals surface area (Å²) in [5.74, 6) is 2.77. The van der Waals surface area contributed by atoms with Gasteiger partial charge in [0.1, 0.15) is 32.5 Å². The summed E-state index contributed by atoms with van der Waals surface area (Å²) in [7, 11) is -4.18. The molecule has 0 aromatic carbocycles. The third-order valence-electron chi connectivity index (χ3n) is 9.10. The van der Waals surface area contributed by atoms with Crippen molar-refractivity contribution in [3.8, 4) is 11.5 Å². The summed E-state index contributed by atoms with van der Waals surface area (Å²) < 4.78 is 28.8. The van der Waals surface area contributed by atoms with Crippen molar-refractivity contribution in [1.82, 2.24) is 9.55 Å². The summed E-state index contributed by atoms with van der Waals surface area (Å²) in [5.41, 5.74) is 3.86. The molecule has 0 radical (unpaired) electrons. The van der Waals surface area contributed by atoms with Crippen molar-refractivity contribution in [1.29, 1.82) is 0 Å². The van der Waals surface area contributed by atoms with E-state index in [2.05, 4.69) is 78.8 Å². The van der Waals surface area contributed by atoms with Gasteiger partial charge in [-0.05, 0) is 71.2 Å². The van der Waals surface area contributed by atoms with Gasteiger partial charge >= 0.3 is 5.69 Å². The van der Waals surface area contributed by atoms with Crippen molar-refractivity contribution >= 4 is 39.0 Å². The minimum atomic E-state index is -2.38. The fraction of sp³-hybridized carbons (Fsp3) is 0.793. The molecule has 5 atom stereocenters. The molecule has 0 unspecified atom stereocenters. The van der Waals surface area contributed by atoms with E-state index < -0.39 is 64.1 Å². The lowest BCUT2D eigenvalue weighted by Gasteiger charge is -2.45. The molecular formula is C29H49IN2O6Si2. The van der Waals surface area contributed by atoms with E-state index in [1.54, 1.807) is 0 Å². The molecule has 1 N–H and O–H groups in total. The molecular weight excluding hydrogens is 655 g/mol. The van der Waals surface area contributed by atoms with Crippen LogP contribution < -0.4 is 11.2 Å². The SMILES string of the molecule is CC[Si](C#C[C@@H](O[Si](C(C)C)(C(C)C)C(C)C)[C@H]1O[C@@H](n2c(I)cc(=O)[nH]c2=O)[C@@H]2OC(C)(C)O[C@@H]21)(CC)CC. The smallest absolute Gasteiger partial charge is 0.331 e. The van der Waals surface area contributed by atoms with Gasteiger partial charge in [0.2, 0.25) is 8.32 Å². The van der Waals surface area contributed by atoms with Gasteiger partial charge in [-0.1, -0.05) is 68.2 Å². The molecule has 1 aromatic rings. The highest BCUT2D eigenvalue weighted by atomic mass is 127. The average Bonchev–Trinajstić information content (AvgIpc) is 3.34. The van der Waals surface area contributed by atoms with Gasteiger partial charge in [0.25, 0.3) is 5.56 Å². The van der Waals surface area contributed by atoms with Crippen LogP contribution in [0.3, 0.4) is 0 Å². The minimum Gasteiger partial charge on any atom is -0.400 e. The molecule has 3 heterocycles. The Hall–Kier alpha value is -0.756. The van der Waals surface area contributed by atoms with Crippen LogP contribution in [0.25, 0.3) is 0 Å². The van der Waals surface area contributed by atoms with Gasteiger partial charge in [0.05, 0.1) is 3.70 Å². The molecule has 40 heavy (non-hydrogen) atoms. The van der Waals surface area contributed by atoms with Crippen LogP contribution in [-0.2, 0) is 18.6 Å². The van der Waals surface area contributed by atoms with Crippen LogP contribution in [0.5, 0.6) is 0 Å². The first-order valence-electron chi connectivity index (χ1n) is 14.8. The van der Waals surface area contributed by atoms with Gasteiger partial charge in [-0.2, -0.15) is 0 Å². The first kappa shape index (κ1) is 33.7. The van der Waals surface area contributed by atoms with Gasteiger partial charge in [-0.15, -0.1) is 5.54 Å². The summed E-state index contributed by atoms with van der Waals surface area (Å²) in [6.45, 7) is 24.1. The topological polar surface area (TPSA) is 91.8 Å². The van der Waals surface area contributed by atoms with Crippen LogP contribution >= 0.6 is 22.6 Å². The highest BCUT2D eigenvalue weighted by Gasteiger charge is 2.60. The summed E-state index contributed by atoms with van der Waals surface area (Å²) in [6, 6.07) is 4.64. The molecule has 0 spiro atoms. The second-order valence-corrected chi connectivity index (χ2v) is 24.1. The zero-order valence-corrected chi connectivity index (χ0v) is 30.2. The van der Waals surface area contributed by atoms with E-state index in [0.29, 0.717) is 20.3 Å². The van der Waals surface area contributed by atoms with Crippen LogP contribution in [0.2, 0.25) is 34.8 Å². The van der Waals surface area contributed by atoms with Crippen LogP contribution in [0, 0.1) is 15.2 Å². The van der Waals surface area contributed by atoms with Gasteiger partial charge in [0.15, 0.2) is 12.0 Å². The Morgan fingerprint density at radius 3 is 2.00 bits per heavy atom. The molecule has 2 aliphatic rings. The maximum absolute atomic E-state index is 13.0. The standard InChI is InChI=1S/C29H49IN2O6Si2/c1-12-39(13-2,14-3)16-15-21(38-40(18(4)5,19(6)7)20(8)9)24-25-26(37-29(10,11)36-25)27(35-24)32-22(30)17-23(33)31-28(32)34/h17-21,24-27H,12-14H2,1-11H3,(H,31,33,34)/t21-,24-,25-,26-,27-/m1/s1. The van der Waals surface area contributed by atoms with E-state index in [1.807, 2.05) is 36.4 Å². The van der Waals surface area contributed by atoms with Gasteiger partial charge in [-0.3, -0.25) is 14.3 Å². The second-order valence-electron chi connectivity index (χ2n) is 12.7. The molecule has 8 nitrogen and oxygen atoms in total. The summed E-state index contributed by atoms with van der Waals surface area (Å²) in [5, 5.41) is 0. The normalized spacial score (nSPS) is 25.4. The largest absolute Gasteiger partial charge is 0.400 e. The Morgan fingerprint density at radius 1 is 1.00 bits per heavy atom. The maximum Gasteiger partial charge on any atom is 0.331 e. The highest BCUT2D eigenvalue weighted by molar-refractivity contribution is 14.1. The van der Waals surface area contributed by atoms with Crippen LogP contribution in [0.4, 0.5) is 0 Å². The fourth-order valence-corrected chi connectivity index (χ4v) is 15.5. The van der Waals surface area contributed by atoms with E-state index >= 15 is 0 Å². The van der Waals surface area contributed by atoms with E-state index in [4.69, 9.17) is 18.6 Å². The number of aromatic nitrogens is 2. The Balaban J connectivity index is 2.20. The number of aromatic amines is 1. The van der Waals surface area contributed by atoms with E-state index in [0.717, 1.165) is 18.1 Å². The molecule has 2 fully saturated rings. The van der Waals surface area contributed by atoms with E-state index in [-0.39, 0.29) is 0 Å². The predicted octanol–water partition coefficient (Wildman–Crippen LogP) is 6.17. The summed E-state index contributed by atoms with van der Waals surface area (Å²) in [4.78, 5) is 27.4. The van der Waals surface area contributed by atoms with E-state index in [9.17, 15) is 9.59 Å². The number of fused-ring (bicyclic) bond motifs is 1. The van der Waals surface area contributed by atoms with Gasteiger partial charge in [-0.25, -0.2) is 4.79 Å². The zero-order valence-electron chi connectivity index (χ0n) is 26.1. The molecule has 1 aromatic heterocycles. The third kappa shape index (κ3) is 6.43. The number of rotatable bonds is 10. The lowest BCUT2D eigenvalue weighted by Crippen LogP contribution is -2.54. The van der Waals surface area contributed by atoms with Crippen molar-refractivity contribution in [2.45, 2.75) is 147 Å². The Bertz CT molecular complexity index is 1180. The number of hydrogen-bond donors (Lipinski definition) is 1. The fourth-order valence-electron chi connectivity index (χ4n) is 6.82. The molecule has 2 saturated heterocycles. The monoisotopic (exact) mass is 704 g/mol. The van der Waals surface area contributed by atoms with Crippen LogP contribution in [-0.4, -0.2) is 56.1 Å². The third-order valence-corrected chi connectivity index (χ3v) is 20.7. The average molecular weight is 705 g/mol. The van der Waals surface area contributed by atoms with Gasteiger partial charge < -0.3 is 18.6 Å². The second kappa shape index (κ2) is 12.9. The van der Waals surface area contributed by atoms with E-state index in [1.165, 1.54) is 10.6 Å². The van der Waals surface area contributed by atoms with Crippen molar-refractivity contribution in [2.75, 3.05) is 0 Å². The van der Waals surface area contributed by atoms with Crippen molar-refractivity contribution in [3.63, 3.8) is 0 Å². The number of nitrogens with one attached hydrogen (secondary N) is 1. The number of nitrogens with zero attached hydrogens (tertiary/aromatic N) is 1. The van der Waals surface area contributed by atoms with Crippen molar-refractivity contribution in [3.05, 3.63) is 30.6 Å². The molecule has 0 amide bonds. The van der Waals surface area contributed by atoms with Crippen molar-refractivity contribution in [2.24, 2.45) is 0 Å². The van der Waals surface area contributed by atoms with Crippen molar-refractivity contribution < 1.29 is 18.6 Å². The lowest BCUT2D eigenvalue weighted by molar-refractivity contribution is -0.204. The molecule has 0 aliphatic carbocycles. The highest BCUT2D eigenvalue weighted by Crippen LogP contribution is 2.48. The number of ether oxygens (including phenoxy) is 3. The Labute approximate surface area is 255 Å². The maximum atomic E-state index is 13.0. The minimum absolute atomic E-state index is 0.357. The first-order chi connectivity index (χ1) is 18.6. The molecule has 3 rings (SSSR count). The van der Waals surface area contributed by atoms with Crippen LogP contribution in [0.15, 0.2) is 15.7 Å². The Kier molecular flexibility index (Phi) is 10.8. The number of halogens is 1.